The van der Waals surface area contributed by atoms with E-state index in [4.69, 9.17) is 0 Å². The molecule has 0 aromatic rings. The van der Waals surface area contributed by atoms with Crippen LogP contribution < -0.4 is 51.4 Å². The molecule has 0 aliphatic heterocycles. The minimum atomic E-state index is -4.77. The zero-order valence-corrected chi connectivity index (χ0v) is 11.0. The molecule has 0 heterocycles. The van der Waals surface area contributed by atoms with Crippen LogP contribution in [-0.4, -0.2) is 37.7 Å². The molecule has 0 saturated heterocycles. The van der Waals surface area contributed by atoms with Gasteiger partial charge in [0, 0.05) is 6.42 Å². The van der Waals surface area contributed by atoms with E-state index in [-0.39, 0.29) is 51.4 Å². The van der Waals surface area contributed by atoms with E-state index in [0.717, 1.165) is 0 Å². The summed E-state index contributed by atoms with van der Waals surface area (Å²) in [5.74, 6) is -1.44. The van der Waals surface area contributed by atoms with Gasteiger partial charge < -0.3 is 4.55 Å². The molecule has 0 radical (unpaired) electrons. The summed E-state index contributed by atoms with van der Waals surface area (Å²) in [5.41, 5.74) is 0. The summed E-state index contributed by atoms with van der Waals surface area (Å²) in [4.78, 5) is 0. The van der Waals surface area contributed by atoms with Crippen molar-refractivity contribution in [2.24, 2.45) is 0 Å². The Kier molecular flexibility index (Phi) is 9.80. The van der Waals surface area contributed by atoms with E-state index in [1.54, 1.807) is 0 Å². The molecule has 0 N–H and O–H groups in total. The van der Waals surface area contributed by atoms with Crippen LogP contribution in [-0.2, 0) is 10.1 Å². The molecule has 0 saturated carbocycles. The normalized spacial score (nSPS) is 16.0. The maximum Gasteiger partial charge on any atom is 1.00 e. The van der Waals surface area contributed by atoms with Crippen molar-refractivity contribution in [2.45, 2.75) is 18.8 Å². The van der Waals surface area contributed by atoms with Crippen molar-refractivity contribution in [3.63, 3.8) is 0 Å². The molecule has 0 aromatic carbocycles. The molecule has 2 unspecified atom stereocenters. The van der Waals surface area contributed by atoms with Crippen molar-refractivity contribution < 1.29 is 77.5 Å². The van der Waals surface area contributed by atoms with Crippen LogP contribution >= 0.6 is 0 Å². The molecule has 8 heteroatoms. The van der Waals surface area contributed by atoms with Crippen molar-refractivity contribution >= 4 is 10.1 Å². The van der Waals surface area contributed by atoms with Crippen LogP contribution in [0.2, 0.25) is 0 Å². The monoisotopic (exact) mass is 244 g/mol. The summed E-state index contributed by atoms with van der Waals surface area (Å²) in [7, 11) is -4.77. The molecule has 0 spiro atoms. The maximum atomic E-state index is 12.4. The number of alkyl halides is 3. The van der Waals surface area contributed by atoms with Gasteiger partial charge in [-0.1, -0.05) is 0 Å². The van der Waals surface area contributed by atoms with Gasteiger partial charge in [0.1, 0.15) is 12.3 Å². The third-order valence-electron chi connectivity index (χ3n) is 1.14. The van der Waals surface area contributed by atoms with Gasteiger partial charge in [0.25, 0.3) is 0 Å². The molecular formula is C5H8F3KO3S. The largest absolute Gasteiger partial charge is 1.00 e. The molecule has 74 valence electrons. The maximum absolute atomic E-state index is 12.4. The zero-order valence-electron chi connectivity index (χ0n) is 7.04. The Morgan fingerprint density at radius 2 is 1.69 bits per heavy atom. The van der Waals surface area contributed by atoms with Gasteiger partial charge in [-0.05, 0) is 0 Å². The SMILES string of the molecule is O=S(=O)([O-])CC(F)C(F)CCF.[K+]. The topological polar surface area (TPSA) is 57.2 Å². The molecule has 0 bridgehead atoms. The third-order valence-corrected chi connectivity index (χ3v) is 1.87. The van der Waals surface area contributed by atoms with Gasteiger partial charge in [-0.15, -0.1) is 0 Å². The van der Waals surface area contributed by atoms with Crippen LogP contribution in [0.4, 0.5) is 13.2 Å². The number of hydrogen-bond donors (Lipinski definition) is 0. The molecular weight excluding hydrogens is 236 g/mol. The van der Waals surface area contributed by atoms with E-state index in [9.17, 15) is 26.1 Å². The number of halogens is 3. The van der Waals surface area contributed by atoms with Gasteiger partial charge in [-0.25, -0.2) is 17.2 Å². The van der Waals surface area contributed by atoms with Crippen LogP contribution in [0, 0.1) is 0 Å². The van der Waals surface area contributed by atoms with Crippen molar-refractivity contribution in [1.82, 2.24) is 0 Å². The van der Waals surface area contributed by atoms with Gasteiger partial charge >= 0.3 is 51.4 Å². The van der Waals surface area contributed by atoms with Crippen molar-refractivity contribution in [3.8, 4) is 0 Å². The first-order valence-electron chi connectivity index (χ1n) is 3.14. The Morgan fingerprint density at radius 3 is 2.00 bits per heavy atom. The van der Waals surface area contributed by atoms with Gasteiger partial charge in [0.05, 0.1) is 22.5 Å². The van der Waals surface area contributed by atoms with Crippen LogP contribution in [0.5, 0.6) is 0 Å². The molecule has 2 atom stereocenters. The first-order valence-corrected chi connectivity index (χ1v) is 4.72. The Morgan fingerprint density at radius 1 is 1.23 bits per heavy atom. The molecule has 0 aromatic heterocycles. The Labute approximate surface area is 117 Å². The molecule has 3 nitrogen and oxygen atoms in total. The average molecular weight is 244 g/mol. The van der Waals surface area contributed by atoms with E-state index >= 15 is 0 Å². The minimum Gasteiger partial charge on any atom is -0.748 e. The smallest absolute Gasteiger partial charge is 0.748 e. The van der Waals surface area contributed by atoms with Crippen molar-refractivity contribution in [3.05, 3.63) is 0 Å². The summed E-state index contributed by atoms with van der Waals surface area (Å²) in [5, 5.41) is 0. The Balaban J connectivity index is 0. The van der Waals surface area contributed by atoms with Gasteiger partial charge in [-0.3, -0.25) is 4.39 Å². The third kappa shape index (κ3) is 9.64. The Hall–Kier alpha value is 1.34. The van der Waals surface area contributed by atoms with Gasteiger partial charge in [0.15, 0.2) is 0 Å². The van der Waals surface area contributed by atoms with E-state index in [1.807, 2.05) is 0 Å². The number of rotatable bonds is 5. The molecule has 13 heavy (non-hydrogen) atoms. The van der Waals surface area contributed by atoms with Crippen LogP contribution in [0.1, 0.15) is 6.42 Å². The fraction of sp³-hybridized carbons (Fsp3) is 1.00. The van der Waals surface area contributed by atoms with Crippen LogP contribution in [0.15, 0.2) is 0 Å². The first kappa shape index (κ1) is 16.8. The fourth-order valence-electron chi connectivity index (χ4n) is 0.584. The summed E-state index contributed by atoms with van der Waals surface area (Å²) in [6.07, 6.45) is -5.38. The second-order valence-electron chi connectivity index (χ2n) is 2.23. The molecule has 0 aliphatic rings. The zero-order chi connectivity index (χ0) is 9.78. The second kappa shape index (κ2) is 7.61. The fourth-order valence-corrected chi connectivity index (χ4v) is 1.18. The Bertz CT molecular complexity index is 221. The second-order valence-corrected chi connectivity index (χ2v) is 3.68. The molecule has 0 rings (SSSR count). The standard InChI is InChI=1S/C5H9F3O3S.K/c6-2-1-4(7)5(8)3-12(9,10)11;/h4-5H,1-3H2,(H,9,10,11);/q;+1/p-1. The van der Waals surface area contributed by atoms with Crippen LogP contribution in [0.3, 0.4) is 0 Å². The van der Waals surface area contributed by atoms with Gasteiger partial charge in [0.2, 0.25) is 0 Å². The summed E-state index contributed by atoms with van der Waals surface area (Å²) in [6.45, 7) is -1.08. The summed E-state index contributed by atoms with van der Waals surface area (Å²) < 4.78 is 65.8. The van der Waals surface area contributed by atoms with Crippen molar-refractivity contribution in [1.29, 1.82) is 0 Å². The summed E-state index contributed by atoms with van der Waals surface area (Å²) >= 11 is 0. The predicted octanol–water partition coefficient (Wildman–Crippen LogP) is -2.43. The minimum absolute atomic E-state index is 0. The van der Waals surface area contributed by atoms with E-state index in [1.165, 1.54) is 0 Å². The van der Waals surface area contributed by atoms with Gasteiger partial charge in [-0.2, -0.15) is 0 Å². The van der Waals surface area contributed by atoms with E-state index < -0.39 is 41.3 Å². The van der Waals surface area contributed by atoms with Crippen LogP contribution in [0.25, 0.3) is 0 Å². The molecule has 0 aliphatic carbocycles. The summed E-state index contributed by atoms with van der Waals surface area (Å²) in [6, 6.07) is 0. The molecule has 0 fully saturated rings. The predicted molar refractivity (Wildman–Crippen MR) is 34.9 cm³/mol. The van der Waals surface area contributed by atoms with E-state index in [0.29, 0.717) is 0 Å². The number of hydrogen-bond acceptors (Lipinski definition) is 3. The quantitative estimate of drug-likeness (QED) is 0.399. The average Bonchev–Trinajstić information content (AvgIpc) is 1.84. The molecule has 0 amide bonds. The van der Waals surface area contributed by atoms with Crippen molar-refractivity contribution in [2.75, 3.05) is 12.4 Å². The first-order chi connectivity index (χ1) is 5.37. The van der Waals surface area contributed by atoms with E-state index in [2.05, 4.69) is 0 Å².